The lowest BCUT2D eigenvalue weighted by molar-refractivity contribution is -0.384. The lowest BCUT2D eigenvalue weighted by Crippen LogP contribution is -2.32. The standard InChI is InChI=1S/C24H33N5O4/c1-17(2)15-28(16-18(3)4)22-11-10-20(29(31)32)12-19(22)13-26-27-24(30)14-25-21-8-6-7-9-23(21)33-5/h6-13,17-18,25H,14-16H2,1-5H3,(H,27,30). The van der Waals surface area contributed by atoms with E-state index in [1.807, 2.05) is 18.2 Å². The second-order valence-electron chi connectivity index (χ2n) is 8.54. The van der Waals surface area contributed by atoms with E-state index in [1.165, 1.54) is 18.3 Å². The van der Waals surface area contributed by atoms with Crippen LogP contribution in [0.25, 0.3) is 0 Å². The van der Waals surface area contributed by atoms with Gasteiger partial charge in [-0.25, -0.2) is 5.43 Å². The third-order valence-corrected chi connectivity index (χ3v) is 4.67. The Hall–Kier alpha value is -3.62. The van der Waals surface area contributed by atoms with Crippen LogP contribution in [0.3, 0.4) is 0 Å². The van der Waals surface area contributed by atoms with Crippen molar-refractivity contribution in [3.63, 3.8) is 0 Å². The van der Waals surface area contributed by atoms with Gasteiger partial charge in [-0.3, -0.25) is 14.9 Å². The first-order valence-corrected chi connectivity index (χ1v) is 10.9. The molecule has 1 amide bonds. The zero-order chi connectivity index (χ0) is 24.4. The Labute approximate surface area is 195 Å². The number of benzene rings is 2. The molecule has 0 aliphatic heterocycles. The van der Waals surface area contributed by atoms with E-state index in [1.54, 1.807) is 19.2 Å². The molecule has 0 aromatic heterocycles. The minimum Gasteiger partial charge on any atom is -0.495 e. The van der Waals surface area contributed by atoms with Crippen molar-refractivity contribution in [3.8, 4) is 5.75 Å². The van der Waals surface area contributed by atoms with Crippen LogP contribution < -0.4 is 20.4 Å². The summed E-state index contributed by atoms with van der Waals surface area (Å²) in [4.78, 5) is 25.3. The summed E-state index contributed by atoms with van der Waals surface area (Å²) in [5.74, 6) is 1.09. The molecule has 33 heavy (non-hydrogen) atoms. The number of ether oxygens (including phenoxy) is 1. The van der Waals surface area contributed by atoms with Crippen LogP contribution in [0.4, 0.5) is 17.1 Å². The molecular weight excluding hydrogens is 422 g/mol. The van der Waals surface area contributed by atoms with E-state index in [9.17, 15) is 14.9 Å². The van der Waals surface area contributed by atoms with Crippen molar-refractivity contribution in [1.29, 1.82) is 0 Å². The molecule has 178 valence electrons. The molecule has 9 heteroatoms. The van der Waals surface area contributed by atoms with Crippen molar-refractivity contribution in [3.05, 3.63) is 58.1 Å². The fourth-order valence-electron chi connectivity index (χ4n) is 3.38. The van der Waals surface area contributed by atoms with Crippen molar-refractivity contribution in [1.82, 2.24) is 5.43 Å². The molecule has 2 rings (SSSR count). The molecule has 0 unspecified atom stereocenters. The number of nitro benzene ring substituents is 1. The minimum atomic E-state index is -0.438. The zero-order valence-electron chi connectivity index (χ0n) is 19.9. The molecule has 0 aliphatic carbocycles. The van der Waals surface area contributed by atoms with Gasteiger partial charge in [-0.15, -0.1) is 0 Å². The number of nitrogens with one attached hydrogen (secondary N) is 2. The maximum Gasteiger partial charge on any atom is 0.270 e. The van der Waals surface area contributed by atoms with Gasteiger partial charge in [-0.1, -0.05) is 39.8 Å². The predicted molar refractivity (Wildman–Crippen MR) is 132 cm³/mol. The number of hydrazone groups is 1. The van der Waals surface area contributed by atoms with E-state index in [0.29, 0.717) is 28.8 Å². The smallest absolute Gasteiger partial charge is 0.270 e. The van der Waals surface area contributed by atoms with Crippen LogP contribution in [0, 0.1) is 22.0 Å². The number of rotatable bonds is 12. The number of hydrogen-bond donors (Lipinski definition) is 2. The van der Waals surface area contributed by atoms with Crippen LogP contribution in [0.2, 0.25) is 0 Å². The van der Waals surface area contributed by atoms with Gasteiger partial charge in [0.1, 0.15) is 5.75 Å². The molecule has 0 saturated carbocycles. The summed E-state index contributed by atoms with van der Waals surface area (Å²) in [6.45, 7) is 10.1. The van der Waals surface area contributed by atoms with Crippen LogP contribution in [0.1, 0.15) is 33.3 Å². The normalized spacial score (nSPS) is 11.1. The van der Waals surface area contributed by atoms with Crippen molar-refractivity contribution in [2.75, 3.05) is 37.0 Å². The van der Waals surface area contributed by atoms with Crippen LogP contribution >= 0.6 is 0 Å². The van der Waals surface area contributed by atoms with Crippen molar-refractivity contribution in [2.24, 2.45) is 16.9 Å². The molecule has 2 aromatic carbocycles. The van der Waals surface area contributed by atoms with Crippen molar-refractivity contribution in [2.45, 2.75) is 27.7 Å². The van der Waals surface area contributed by atoms with Gasteiger partial charge in [0, 0.05) is 36.5 Å². The van der Waals surface area contributed by atoms with Crippen LogP contribution in [0.5, 0.6) is 5.75 Å². The first-order chi connectivity index (χ1) is 15.7. The number of hydrogen-bond acceptors (Lipinski definition) is 7. The first kappa shape index (κ1) is 25.6. The number of amides is 1. The van der Waals surface area contributed by atoms with E-state index in [-0.39, 0.29) is 18.1 Å². The molecule has 2 aromatic rings. The van der Waals surface area contributed by atoms with E-state index in [2.05, 4.69) is 48.4 Å². The fourth-order valence-corrected chi connectivity index (χ4v) is 3.38. The monoisotopic (exact) mass is 455 g/mol. The Morgan fingerprint density at radius 1 is 1.15 bits per heavy atom. The number of nitrogens with zero attached hydrogens (tertiary/aromatic N) is 3. The molecular formula is C24H33N5O4. The highest BCUT2D eigenvalue weighted by atomic mass is 16.6. The Bertz CT molecular complexity index is 965. The Morgan fingerprint density at radius 3 is 2.42 bits per heavy atom. The van der Waals surface area contributed by atoms with Gasteiger partial charge >= 0.3 is 0 Å². The number of para-hydroxylation sites is 2. The van der Waals surface area contributed by atoms with Crippen molar-refractivity contribution < 1.29 is 14.5 Å². The predicted octanol–water partition coefficient (Wildman–Crippen LogP) is 4.28. The van der Waals surface area contributed by atoms with Crippen LogP contribution in [-0.2, 0) is 4.79 Å². The first-order valence-electron chi connectivity index (χ1n) is 10.9. The topological polar surface area (TPSA) is 109 Å². The number of carbonyl (C=O) groups is 1. The lowest BCUT2D eigenvalue weighted by Gasteiger charge is -2.29. The highest BCUT2D eigenvalue weighted by molar-refractivity contribution is 5.90. The summed E-state index contributed by atoms with van der Waals surface area (Å²) < 4.78 is 5.25. The number of nitro groups is 1. The zero-order valence-corrected chi connectivity index (χ0v) is 19.9. The molecule has 0 radical (unpaired) electrons. The third-order valence-electron chi connectivity index (χ3n) is 4.67. The fraction of sp³-hybridized carbons (Fsp3) is 0.417. The molecule has 0 aliphatic rings. The van der Waals surface area contributed by atoms with Gasteiger partial charge in [0.05, 0.1) is 30.5 Å². The number of methoxy groups -OCH3 is 1. The lowest BCUT2D eigenvalue weighted by atomic mass is 10.1. The van der Waals surface area contributed by atoms with Gasteiger partial charge in [0.2, 0.25) is 0 Å². The largest absolute Gasteiger partial charge is 0.495 e. The molecule has 0 atom stereocenters. The summed E-state index contributed by atoms with van der Waals surface area (Å²) in [5, 5.41) is 18.4. The summed E-state index contributed by atoms with van der Waals surface area (Å²) >= 11 is 0. The highest BCUT2D eigenvalue weighted by Gasteiger charge is 2.17. The molecule has 0 spiro atoms. The molecule has 2 N–H and O–H groups in total. The summed E-state index contributed by atoms with van der Waals surface area (Å²) in [6, 6.07) is 12.0. The number of carbonyl (C=O) groups excluding carboxylic acids is 1. The van der Waals surface area contributed by atoms with E-state index < -0.39 is 4.92 Å². The third kappa shape index (κ3) is 8.10. The second-order valence-corrected chi connectivity index (χ2v) is 8.54. The van der Waals surface area contributed by atoms with E-state index >= 15 is 0 Å². The Kier molecular flexibility index (Phi) is 9.65. The summed E-state index contributed by atoms with van der Waals surface area (Å²) in [5.41, 5.74) is 4.55. The quantitative estimate of drug-likeness (QED) is 0.281. The van der Waals surface area contributed by atoms with Crippen LogP contribution in [0.15, 0.2) is 47.6 Å². The van der Waals surface area contributed by atoms with Gasteiger partial charge < -0.3 is 15.0 Å². The van der Waals surface area contributed by atoms with Gasteiger partial charge in [0.15, 0.2) is 0 Å². The van der Waals surface area contributed by atoms with Gasteiger partial charge in [-0.2, -0.15) is 5.10 Å². The SMILES string of the molecule is COc1ccccc1NCC(=O)NN=Cc1cc([N+](=O)[O-])ccc1N(CC(C)C)CC(C)C. The molecule has 9 nitrogen and oxygen atoms in total. The van der Waals surface area contributed by atoms with Crippen molar-refractivity contribution >= 4 is 29.2 Å². The maximum absolute atomic E-state index is 12.2. The second kappa shape index (κ2) is 12.4. The molecule has 0 heterocycles. The van der Waals surface area contributed by atoms with E-state index in [0.717, 1.165) is 18.8 Å². The van der Waals surface area contributed by atoms with Gasteiger partial charge in [0.25, 0.3) is 11.6 Å². The van der Waals surface area contributed by atoms with Crippen LogP contribution in [-0.4, -0.2) is 43.8 Å². The number of anilines is 2. The summed E-state index contributed by atoms with van der Waals surface area (Å²) in [6.07, 6.45) is 1.46. The molecule has 0 saturated heterocycles. The minimum absolute atomic E-state index is 0.00761. The van der Waals surface area contributed by atoms with E-state index in [4.69, 9.17) is 4.74 Å². The van der Waals surface area contributed by atoms with Gasteiger partial charge in [-0.05, 0) is 30.0 Å². The Morgan fingerprint density at radius 2 is 1.82 bits per heavy atom. The Balaban J connectivity index is 2.16. The molecule has 0 fully saturated rings. The number of non-ortho nitro benzene ring substituents is 1. The highest BCUT2D eigenvalue weighted by Crippen LogP contribution is 2.26. The summed E-state index contributed by atoms with van der Waals surface area (Å²) in [7, 11) is 1.56. The average Bonchev–Trinajstić information content (AvgIpc) is 2.76. The molecule has 0 bridgehead atoms. The average molecular weight is 456 g/mol. The maximum atomic E-state index is 12.2.